The molecular formula is C60H41N3S. The Labute approximate surface area is 385 Å². The van der Waals surface area contributed by atoms with Crippen LogP contribution in [0.4, 0.5) is 0 Å². The van der Waals surface area contributed by atoms with Gasteiger partial charge in [0.2, 0.25) is 0 Å². The molecule has 0 amide bonds. The van der Waals surface area contributed by atoms with E-state index >= 15 is 0 Å². The molecule has 0 unspecified atom stereocenters. The third kappa shape index (κ3) is 6.62. The molecule has 64 heavy (non-hydrogen) atoms. The Kier molecular flexibility index (Phi) is 7.61. The van der Waals surface area contributed by atoms with Crippen LogP contribution >= 0.6 is 11.3 Å². The number of aromatic nitrogens is 3. The van der Waals surface area contributed by atoms with Crippen LogP contribution in [0, 0.1) is 0 Å². The zero-order valence-corrected chi connectivity index (χ0v) is 35.8. The summed E-state index contributed by atoms with van der Waals surface area (Å²) in [7, 11) is 0. The molecule has 0 radical (unpaired) electrons. The van der Waals surface area contributed by atoms with Gasteiger partial charge in [0.25, 0.3) is 0 Å². The largest absolute Gasteiger partial charge is 0.208 e. The lowest BCUT2D eigenvalue weighted by Crippen LogP contribution is -2.15. The number of benzene rings is 9. The topological polar surface area (TPSA) is 38.7 Å². The molecule has 0 atom stereocenters. The molecule has 0 bridgehead atoms. The standard InChI is InChI=1S/C60H41N3S/c1-60(2)53-21-13-12-20-49(53)50-29-26-44(36-54(50)60)58-61-57(42-24-22-41(23-25-42)38-14-6-3-7-15-38)62-59(63-58)45-27-30-51-52-35-43(28-31-55(52)64-56(51)37-45)48-33-46(39-16-8-4-9-17-39)32-47(34-48)40-18-10-5-11-19-40/h3-37H,1-2H3/i27D,28D,30D,31D,35D,37D. The number of nitrogens with zero attached hydrogens (tertiary/aromatic N) is 3. The molecule has 0 fully saturated rings. The van der Waals surface area contributed by atoms with Crippen LogP contribution in [0.15, 0.2) is 212 Å². The molecule has 302 valence electrons. The molecule has 2 aromatic heterocycles. The van der Waals surface area contributed by atoms with E-state index in [0.29, 0.717) is 32.2 Å². The molecule has 11 aromatic rings. The molecule has 3 nitrogen and oxygen atoms in total. The maximum Gasteiger partial charge on any atom is 0.164 e. The first-order valence-corrected chi connectivity index (χ1v) is 22.2. The maximum absolute atomic E-state index is 9.84. The second-order valence-corrected chi connectivity index (χ2v) is 17.7. The van der Waals surface area contributed by atoms with Crippen molar-refractivity contribution in [2.45, 2.75) is 19.3 Å². The summed E-state index contributed by atoms with van der Waals surface area (Å²) >= 11 is 1.10. The molecular weight excluding hydrogens is 795 g/mol. The van der Waals surface area contributed by atoms with Gasteiger partial charge in [-0.05, 0) is 109 Å². The van der Waals surface area contributed by atoms with Crippen molar-refractivity contribution in [1.82, 2.24) is 15.0 Å². The fraction of sp³-hybridized carbons (Fsp3) is 0.0500. The zero-order valence-electron chi connectivity index (χ0n) is 41.0. The molecule has 1 aliphatic carbocycles. The molecule has 4 heteroatoms. The van der Waals surface area contributed by atoms with Crippen molar-refractivity contribution in [3.8, 4) is 89.8 Å². The van der Waals surface area contributed by atoms with Crippen molar-refractivity contribution in [2.24, 2.45) is 0 Å². The summed E-state index contributed by atoms with van der Waals surface area (Å²) < 4.78 is 58.5. The molecule has 12 rings (SSSR count). The molecule has 1 aliphatic rings. The predicted octanol–water partition coefficient (Wildman–Crippen LogP) is 16.2. The molecule has 0 saturated carbocycles. The predicted molar refractivity (Wildman–Crippen MR) is 268 cm³/mol. The highest BCUT2D eigenvalue weighted by Crippen LogP contribution is 2.49. The average Bonchev–Trinajstić information content (AvgIpc) is 3.92. The quantitative estimate of drug-likeness (QED) is 0.160. The van der Waals surface area contributed by atoms with Gasteiger partial charge >= 0.3 is 0 Å². The van der Waals surface area contributed by atoms with Gasteiger partial charge in [-0.3, -0.25) is 0 Å². The SMILES string of the molecule is [2H]c1c(-c2cc(-c3ccccc3)cc(-c3ccccc3)c2)c([2H])c2c(sc3c([2H])c(-c4nc(-c5ccc(-c6ccccc6)cc5)nc(-c5ccc6c(c5)C(C)(C)c5ccccc5-6)n4)c([2H])c([2H])c32)c1[2H]. The Morgan fingerprint density at radius 1 is 0.359 bits per heavy atom. The van der Waals surface area contributed by atoms with Gasteiger partial charge in [-0.15, -0.1) is 11.3 Å². The summed E-state index contributed by atoms with van der Waals surface area (Å²) in [5, 5.41) is 0.505. The van der Waals surface area contributed by atoms with Crippen LogP contribution in [-0.4, -0.2) is 15.0 Å². The summed E-state index contributed by atoms with van der Waals surface area (Å²) in [6, 6.07) is 57.8. The Balaban J connectivity index is 1.05. The summed E-state index contributed by atoms with van der Waals surface area (Å²) in [6.07, 6.45) is 0. The van der Waals surface area contributed by atoms with E-state index in [2.05, 4.69) is 68.4 Å². The van der Waals surface area contributed by atoms with Crippen molar-refractivity contribution in [3.63, 3.8) is 0 Å². The highest BCUT2D eigenvalue weighted by molar-refractivity contribution is 7.25. The fourth-order valence-electron chi connectivity index (χ4n) is 9.05. The summed E-state index contributed by atoms with van der Waals surface area (Å²) in [5.41, 5.74) is 12.6. The normalized spacial score (nSPS) is 14.0. The van der Waals surface area contributed by atoms with Gasteiger partial charge in [0.15, 0.2) is 17.5 Å². The Morgan fingerprint density at radius 2 is 0.844 bits per heavy atom. The lowest BCUT2D eigenvalue weighted by molar-refractivity contribution is 0.660. The summed E-state index contributed by atoms with van der Waals surface area (Å²) in [6.45, 7) is 4.44. The van der Waals surface area contributed by atoms with Gasteiger partial charge in [-0.25, -0.2) is 15.0 Å². The van der Waals surface area contributed by atoms with E-state index in [9.17, 15) is 8.22 Å². The molecule has 0 N–H and O–H groups in total. The lowest BCUT2D eigenvalue weighted by atomic mass is 9.82. The summed E-state index contributed by atoms with van der Waals surface area (Å²) in [4.78, 5) is 15.1. The Hall–Kier alpha value is -7.79. The van der Waals surface area contributed by atoms with Gasteiger partial charge in [0.1, 0.15) is 0 Å². The molecule has 0 saturated heterocycles. The van der Waals surface area contributed by atoms with Crippen LogP contribution in [0.5, 0.6) is 0 Å². The van der Waals surface area contributed by atoms with E-state index in [0.717, 1.165) is 61.4 Å². The van der Waals surface area contributed by atoms with Gasteiger partial charge in [-0.2, -0.15) is 0 Å². The third-order valence-corrected chi connectivity index (χ3v) is 13.4. The minimum absolute atomic E-state index is 0.0307. The van der Waals surface area contributed by atoms with E-state index in [4.69, 9.17) is 15.0 Å². The second-order valence-electron chi connectivity index (χ2n) is 16.7. The van der Waals surface area contributed by atoms with Crippen LogP contribution in [-0.2, 0) is 5.41 Å². The number of fused-ring (bicyclic) bond motifs is 6. The number of rotatable bonds is 7. The van der Waals surface area contributed by atoms with Crippen LogP contribution in [0.1, 0.15) is 33.2 Å². The van der Waals surface area contributed by atoms with E-state index in [1.54, 1.807) is 0 Å². The average molecular weight is 842 g/mol. The minimum Gasteiger partial charge on any atom is -0.208 e. The van der Waals surface area contributed by atoms with Crippen molar-refractivity contribution in [3.05, 3.63) is 223 Å². The third-order valence-electron chi connectivity index (χ3n) is 12.4. The summed E-state index contributed by atoms with van der Waals surface area (Å²) in [5.74, 6) is 0.784. The lowest BCUT2D eigenvalue weighted by Gasteiger charge is -2.21. The molecule has 9 aromatic carbocycles. The van der Waals surface area contributed by atoms with E-state index in [-0.39, 0.29) is 69.4 Å². The fourth-order valence-corrected chi connectivity index (χ4v) is 10.0. The molecule has 0 aliphatic heterocycles. The number of hydrogen-bond donors (Lipinski definition) is 0. The minimum atomic E-state index is -0.288. The van der Waals surface area contributed by atoms with Crippen LogP contribution < -0.4 is 0 Å². The van der Waals surface area contributed by atoms with E-state index in [1.165, 1.54) is 11.1 Å². The molecule has 0 spiro atoms. The highest BCUT2D eigenvalue weighted by Gasteiger charge is 2.35. The molecule has 2 heterocycles. The van der Waals surface area contributed by atoms with E-state index in [1.807, 2.05) is 121 Å². The van der Waals surface area contributed by atoms with Crippen molar-refractivity contribution in [2.75, 3.05) is 0 Å². The Morgan fingerprint density at radius 3 is 1.50 bits per heavy atom. The monoisotopic (exact) mass is 841 g/mol. The van der Waals surface area contributed by atoms with Crippen LogP contribution in [0.2, 0.25) is 0 Å². The van der Waals surface area contributed by atoms with Crippen LogP contribution in [0.25, 0.3) is 110 Å². The number of hydrogen-bond acceptors (Lipinski definition) is 4. The van der Waals surface area contributed by atoms with Crippen molar-refractivity contribution in [1.29, 1.82) is 0 Å². The maximum atomic E-state index is 9.84. The Bertz CT molecular complexity index is 3850. The second kappa shape index (κ2) is 15.2. The smallest absolute Gasteiger partial charge is 0.164 e. The van der Waals surface area contributed by atoms with Gasteiger partial charge in [0.05, 0.1) is 8.22 Å². The van der Waals surface area contributed by atoms with Crippen molar-refractivity contribution < 1.29 is 8.22 Å². The van der Waals surface area contributed by atoms with E-state index < -0.39 is 0 Å². The number of thiophene rings is 1. The van der Waals surface area contributed by atoms with Crippen LogP contribution in [0.3, 0.4) is 0 Å². The van der Waals surface area contributed by atoms with Crippen molar-refractivity contribution >= 4 is 31.5 Å². The first-order chi connectivity index (χ1) is 34.0. The van der Waals surface area contributed by atoms with Gasteiger partial charge < -0.3 is 0 Å². The first-order valence-electron chi connectivity index (χ1n) is 24.4. The highest BCUT2D eigenvalue weighted by atomic mass is 32.1. The first kappa shape index (κ1) is 32.0. The van der Waals surface area contributed by atoms with Gasteiger partial charge in [0, 0.05) is 42.3 Å². The zero-order chi connectivity index (χ0) is 48.0. The van der Waals surface area contributed by atoms with Gasteiger partial charge in [-0.1, -0.05) is 184 Å².